The van der Waals surface area contributed by atoms with Gasteiger partial charge in [0.05, 0.1) is 0 Å². The van der Waals surface area contributed by atoms with Crippen LogP contribution < -0.4 is 0 Å². The number of aryl methyl sites for hydroxylation is 4. The maximum absolute atomic E-state index is 11.9. The number of nitrogens with zero attached hydrogens (tertiary/aromatic N) is 4. The predicted octanol–water partition coefficient (Wildman–Crippen LogP) is 12.6. The third-order valence-electron chi connectivity index (χ3n) is 8.84. The van der Waals surface area contributed by atoms with E-state index in [1.165, 1.54) is 50.1 Å². The molecular formula is C41H66N4Pd. The van der Waals surface area contributed by atoms with Crippen molar-refractivity contribution in [3.05, 3.63) is 96.1 Å². The van der Waals surface area contributed by atoms with E-state index in [-0.39, 0.29) is 20.4 Å². The van der Waals surface area contributed by atoms with Gasteiger partial charge in [0.1, 0.15) is 0 Å². The van der Waals surface area contributed by atoms with Crippen LogP contribution in [-0.4, -0.2) is 30.9 Å². The fourth-order valence-corrected chi connectivity index (χ4v) is 6.13. The minimum Gasteiger partial charge on any atom is -0.663 e. The van der Waals surface area contributed by atoms with Gasteiger partial charge in [-0.2, -0.15) is 26.2 Å². The van der Waals surface area contributed by atoms with Gasteiger partial charge < -0.3 is 16.2 Å². The number of hydrogen-bond acceptors (Lipinski definition) is 0. The van der Waals surface area contributed by atoms with Crippen LogP contribution in [0, 0.1) is 20.8 Å². The van der Waals surface area contributed by atoms with Gasteiger partial charge in [-0.3, -0.25) is 0 Å². The van der Waals surface area contributed by atoms with Gasteiger partial charge in [0, 0.05) is 22.3 Å². The van der Waals surface area contributed by atoms with Crippen LogP contribution in [0.5, 0.6) is 0 Å². The molecule has 46 heavy (non-hydrogen) atoms. The first-order valence-electron chi connectivity index (χ1n) is 18.1. The Morgan fingerprint density at radius 2 is 0.935 bits per heavy atom. The first kappa shape index (κ1) is 44.1. The second-order valence-electron chi connectivity index (χ2n) is 12.0. The summed E-state index contributed by atoms with van der Waals surface area (Å²) in [5.41, 5.74) is 27.2. The van der Waals surface area contributed by atoms with Gasteiger partial charge in [-0.15, -0.1) is 0 Å². The third kappa shape index (κ3) is 12.3. The van der Waals surface area contributed by atoms with E-state index in [0.29, 0.717) is 0 Å². The van der Waals surface area contributed by atoms with Crippen LogP contribution >= 0.6 is 0 Å². The second kappa shape index (κ2) is 24.3. The van der Waals surface area contributed by atoms with Gasteiger partial charge >= 0.3 is 20.4 Å². The molecule has 0 saturated heterocycles. The van der Waals surface area contributed by atoms with Crippen molar-refractivity contribution in [1.82, 2.24) is 0 Å². The molecule has 1 heterocycles. The van der Waals surface area contributed by atoms with Crippen molar-refractivity contribution in [3.63, 3.8) is 0 Å². The Kier molecular flexibility index (Phi) is 23.3. The van der Waals surface area contributed by atoms with E-state index < -0.39 is 0 Å². The van der Waals surface area contributed by atoms with Gasteiger partial charge in [0.25, 0.3) is 0 Å². The van der Waals surface area contributed by atoms with Crippen molar-refractivity contribution < 1.29 is 25.1 Å². The Morgan fingerprint density at radius 3 is 1.22 bits per heavy atom. The van der Waals surface area contributed by atoms with E-state index >= 15 is 0 Å². The zero-order chi connectivity index (χ0) is 33.9. The standard InChI is InChI=1S/C33H46N2.2C4H10N.Pd/c1-9-14-16-30-31(17-15-10-2)33(28-20-25(11-3)29(13-5)26(12-4)21-28)35(34)32(30)27-18-22(6)24(8)23(7)19-27;2*1-3-5-4-2;/h18-21H,9-17H2,1-8H3;2*3-4H2,1-2H3;/q;2*-1;+2. The summed E-state index contributed by atoms with van der Waals surface area (Å²) >= 11 is 0. The molecule has 0 aromatic heterocycles. The molecule has 0 saturated carbocycles. The van der Waals surface area contributed by atoms with Crippen LogP contribution in [0.25, 0.3) is 27.6 Å². The van der Waals surface area contributed by atoms with Crippen molar-refractivity contribution >= 4 is 11.4 Å². The first-order valence-corrected chi connectivity index (χ1v) is 18.1. The maximum Gasteiger partial charge on any atom is 2.00 e. The average Bonchev–Trinajstić information content (AvgIpc) is 3.32. The Balaban J connectivity index is 0.00000160. The van der Waals surface area contributed by atoms with Gasteiger partial charge in [-0.1, -0.05) is 75.2 Å². The molecule has 0 amide bonds. The zero-order valence-electron chi connectivity index (χ0n) is 31.6. The summed E-state index contributed by atoms with van der Waals surface area (Å²) in [6, 6.07) is 9.24. The molecule has 0 unspecified atom stereocenters. The quantitative estimate of drug-likeness (QED) is 0.130. The molecule has 2 aromatic rings. The molecule has 0 radical (unpaired) electrons. The molecule has 1 aliphatic heterocycles. The molecule has 2 aromatic carbocycles. The molecule has 0 N–H and O–H groups in total. The topological polar surface area (TPSA) is 53.5 Å². The SMILES string of the molecule is CCCCC1=C(c2cc(C)c(C)c(C)c2)[N+](=[N-])C(c2cc(CC)c(CC)c(CC)c2)=C1CCCC.CC[N-]CC.CC[N-]CC.[Pd+2]. The third-order valence-corrected chi connectivity index (χ3v) is 8.84. The van der Waals surface area contributed by atoms with E-state index in [1.54, 1.807) is 4.70 Å². The van der Waals surface area contributed by atoms with Gasteiger partial charge in [0.2, 0.25) is 11.4 Å². The minimum absolute atomic E-state index is 0. The monoisotopic (exact) mass is 720 g/mol. The first-order chi connectivity index (χ1) is 21.6. The summed E-state index contributed by atoms with van der Waals surface area (Å²) in [6.07, 6.45) is 9.68. The Labute approximate surface area is 298 Å². The second-order valence-corrected chi connectivity index (χ2v) is 12.0. The molecular weight excluding hydrogens is 655 g/mol. The van der Waals surface area contributed by atoms with Crippen LogP contribution in [0.15, 0.2) is 35.4 Å². The van der Waals surface area contributed by atoms with Crippen LogP contribution in [0.3, 0.4) is 0 Å². The number of benzene rings is 2. The predicted molar refractivity (Wildman–Crippen MR) is 201 cm³/mol. The Hall–Kier alpha value is -1.90. The fourth-order valence-electron chi connectivity index (χ4n) is 6.13. The van der Waals surface area contributed by atoms with E-state index in [0.717, 1.165) is 101 Å². The zero-order valence-corrected chi connectivity index (χ0v) is 33.2. The molecule has 4 nitrogen and oxygen atoms in total. The Bertz CT molecular complexity index is 1210. The summed E-state index contributed by atoms with van der Waals surface area (Å²) in [7, 11) is 0. The number of allylic oxidation sites excluding steroid dienone is 2. The van der Waals surface area contributed by atoms with E-state index in [9.17, 15) is 5.53 Å². The largest absolute Gasteiger partial charge is 2.00 e. The number of hydrogen-bond donors (Lipinski definition) is 0. The summed E-state index contributed by atoms with van der Waals surface area (Å²) < 4.78 is 1.55. The summed E-state index contributed by atoms with van der Waals surface area (Å²) in [5.74, 6) is 0. The fraction of sp³-hybridized carbons (Fsp3) is 0.610. The van der Waals surface area contributed by atoms with E-state index in [2.05, 4.69) is 90.3 Å². The molecule has 260 valence electrons. The van der Waals surface area contributed by atoms with E-state index in [4.69, 9.17) is 0 Å². The Morgan fingerprint density at radius 1 is 0.565 bits per heavy atom. The van der Waals surface area contributed by atoms with Crippen molar-refractivity contribution in [2.24, 2.45) is 0 Å². The van der Waals surface area contributed by atoms with Crippen LogP contribution in [-0.2, 0) is 39.7 Å². The minimum atomic E-state index is 0. The van der Waals surface area contributed by atoms with Crippen LogP contribution in [0.2, 0.25) is 0 Å². The molecule has 0 fully saturated rings. The van der Waals surface area contributed by atoms with Crippen LogP contribution in [0.4, 0.5) is 0 Å². The van der Waals surface area contributed by atoms with Crippen LogP contribution in [0.1, 0.15) is 145 Å². The van der Waals surface area contributed by atoms with Crippen molar-refractivity contribution in [1.29, 1.82) is 0 Å². The maximum atomic E-state index is 11.9. The van der Waals surface area contributed by atoms with Crippen molar-refractivity contribution in [3.8, 4) is 0 Å². The number of rotatable bonds is 15. The van der Waals surface area contributed by atoms with Crippen molar-refractivity contribution in [2.75, 3.05) is 26.2 Å². The van der Waals surface area contributed by atoms with Gasteiger partial charge in [-0.25, -0.2) is 4.70 Å². The smallest absolute Gasteiger partial charge is 0.663 e. The molecule has 0 bridgehead atoms. The van der Waals surface area contributed by atoms with Gasteiger partial charge in [-0.05, 0) is 123 Å². The molecule has 0 atom stereocenters. The molecule has 5 heteroatoms. The summed E-state index contributed by atoms with van der Waals surface area (Å²) in [5, 5.41) is 7.94. The van der Waals surface area contributed by atoms with Crippen molar-refractivity contribution in [2.45, 2.75) is 141 Å². The summed E-state index contributed by atoms with van der Waals surface area (Å²) in [6.45, 7) is 29.9. The average molecular weight is 721 g/mol. The molecule has 1 aliphatic rings. The normalized spacial score (nSPS) is 12.5. The summed E-state index contributed by atoms with van der Waals surface area (Å²) in [4.78, 5) is 0. The molecule has 0 aliphatic carbocycles. The van der Waals surface area contributed by atoms with Gasteiger partial charge in [0.15, 0.2) is 0 Å². The molecule has 3 rings (SSSR count). The number of unbranched alkanes of at least 4 members (excludes halogenated alkanes) is 2. The van der Waals surface area contributed by atoms with E-state index in [1.807, 2.05) is 27.7 Å². The molecule has 0 spiro atoms.